The van der Waals surface area contributed by atoms with Gasteiger partial charge in [0.1, 0.15) is 5.76 Å². The maximum atomic E-state index is 5.29. The molecule has 1 rings (SSSR count). The molecule has 0 saturated carbocycles. The topological polar surface area (TPSA) is 49.6 Å². The van der Waals surface area contributed by atoms with Crippen molar-refractivity contribution < 1.29 is 4.42 Å². The third-order valence-electron chi connectivity index (χ3n) is 2.63. The fourth-order valence-corrected chi connectivity index (χ4v) is 1.47. The summed E-state index contributed by atoms with van der Waals surface area (Å²) in [5, 5.41) is 6.72. The molecule has 0 saturated heterocycles. The van der Waals surface area contributed by atoms with E-state index in [1.54, 1.807) is 6.26 Å². The molecule has 4 nitrogen and oxygen atoms in total. The first kappa shape index (κ1) is 18.3. The molecule has 0 aromatic carbocycles. The zero-order valence-corrected chi connectivity index (χ0v) is 14.6. The van der Waals surface area contributed by atoms with E-state index < -0.39 is 0 Å². The van der Waals surface area contributed by atoms with Gasteiger partial charge in [-0.1, -0.05) is 6.92 Å². The largest absolute Gasteiger partial charge is 0.469 e. The van der Waals surface area contributed by atoms with Gasteiger partial charge in [0.25, 0.3) is 0 Å². The van der Waals surface area contributed by atoms with Gasteiger partial charge in [-0.3, -0.25) is 4.99 Å². The Morgan fingerprint density at radius 3 is 2.58 bits per heavy atom. The standard InChI is InChI=1S/C14H25N3O.HI/c1-5-12(4)17-14(16-11(2)3)15-9-8-13-7-6-10-18-13;/h6-7,10-12H,5,8-9H2,1-4H3,(H2,15,16,17);1H. The average molecular weight is 379 g/mol. The van der Waals surface area contributed by atoms with Crippen LogP contribution in [0.25, 0.3) is 0 Å². The maximum absolute atomic E-state index is 5.29. The van der Waals surface area contributed by atoms with Gasteiger partial charge in [0, 0.05) is 25.0 Å². The van der Waals surface area contributed by atoms with Crippen molar-refractivity contribution in [2.75, 3.05) is 6.54 Å². The number of rotatable bonds is 6. The highest BCUT2D eigenvalue weighted by atomic mass is 127. The first-order valence-electron chi connectivity index (χ1n) is 6.71. The summed E-state index contributed by atoms with van der Waals surface area (Å²) in [5.74, 6) is 1.86. The van der Waals surface area contributed by atoms with Gasteiger partial charge >= 0.3 is 0 Å². The van der Waals surface area contributed by atoms with Crippen molar-refractivity contribution in [3.05, 3.63) is 24.2 Å². The summed E-state index contributed by atoms with van der Waals surface area (Å²) in [6, 6.07) is 4.69. The zero-order chi connectivity index (χ0) is 13.4. The molecule has 1 unspecified atom stereocenters. The van der Waals surface area contributed by atoms with Crippen molar-refractivity contribution in [3.63, 3.8) is 0 Å². The molecule has 110 valence electrons. The highest BCUT2D eigenvalue weighted by molar-refractivity contribution is 14.0. The second kappa shape index (κ2) is 10.1. The number of guanidine groups is 1. The summed E-state index contributed by atoms with van der Waals surface area (Å²) in [6.45, 7) is 9.27. The Balaban J connectivity index is 0.00000324. The van der Waals surface area contributed by atoms with Crippen molar-refractivity contribution in [1.29, 1.82) is 0 Å². The molecule has 0 bridgehead atoms. The number of hydrogen-bond donors (Lipinski definition) is 2. The normalized spacial score (nSPS) is 13.0. The minimum absolute atomic E-state index is 0. The molecule has 5 heteroatoms. The Bertz CT molecular complexity index is 350. The molecule has 0 aliphatic rings. The summed E-state index contributed by atoms with van der Waals surface area (Å²) in [4.78, 5) is 4.56. The minimum atomic E-state index is 0. The summed E-state index contributed by atoms with van der Waals surface area (Å²) in [7, 11) is 0. The first-order valence-corrected chi connectivity index (χ1v) is 6.71. The van der Waals surface area contributed by atoms with Crippen LogP contribution in [-0.4, -0.2) is 24.6 Å². The van der Waals surface area contributed by atoms with Gasteiger partial charge in [-0.25, -0.2) is 0 Å². The van der Waals surface area contributed by atoms with Crippen molar-refractivity contribution in [1.82, 2.24) is 10.6 Å². The van der Waals surface area contributed by atoms with Gasteiger partial charge < -0.3 is 15.1 Å². The zero-order valence-electron chi connectivity index (χ0n) is 12.3. The molecule has 0 amide bonds. The molecule has 0 aliphatic heterocycles. The first-order chi connectivity index (χ1) is 8.61. The van der Waals surface area contributed by atoms with Crippen LogP contribution in [0.4, 0.5) is 0 Å². The third kappa shape index (κ3) is 8.13. The van der Waals surface area contributed by atoms with Crippen LogP contribution in [0.1, 0.15) is 39.9 Å². The number of aliphatic imine (C=N–C) groups is 1. The monoisotopic (exact) mass is 379 g/mol. The number of hydrogen-bond acceptors (Lipinski definition) is 2. The van der Waals surface area contributed by atoms with Crippen LogP contribution in [0.3, 0.4) is 0 Å². The maximum Gasteiger partial charge on any atom is 0.191 e. The fourth-order valence-electron chi connectivity index (χ4n) is 1.47. The van der Waals surface area contributed by atoms with Gasteiger partial charge in [0.2, 0.25) is 0 Å². The van der Waals surface area contributed by atoms with E-state index in [0.29, 0.717) is 12.1 Å². The number of nitrogens with zero attached hydrogens (tertiary/aromatic N) is 1. The summed E-state index contributed by atoms with van der Waals surface area (Å²) >= 11 is 0. The van der Waals surface area contributed by atoms with Gasteiger partial charge in [0.05, 0.1) is 6.26 Å². The van der Waals surface area contributed by atoms with Crippen LogP contribution >= 0.6 is 24.0 Å². The van der Waals surface area contributed by atoms with Crippen LogP contribution < -0.4 is 10.6 Å². The Hall–Kier alpha value is -0.720. The van der Waals surface area contributed by atoms with Crippen molar-refractivity contribution >= 4 is 29.9 Å². The number of furan rings is 1. The van der Waals surface area contributed by atoms with E-state index in [0.717, 1.165) is 31.1 Å². The number of halogens is 1. The van der Waals surface area contributed by atoms with Crippen LogP contribution in [-0.2, 0) is 6.42 Å². The molecular weight excluding hydrogens is 353 g/mol. The average Bonchev–Trinajstić information content (AvgIpc) is 2.81. The minimum Gasteiger partial charge on any atom is -0.469 e. The van der Waals surface area contributed by atoms with Crippen molar-refractivity contribution in [2.45, 2.75) is 52.6 Å². The van der Waals surface area contributed by atoms with Crippen LogP contribution in [0, 0.1) is 0 Å². The highest BCUT2D eigenvalue weighted by Gasteiger charge is 2.04. The van der Waals surface area contributed by atoms with E-state index in [1.165, 1.54) is 0 Å². The Morgan fingerprint density at radius 2 is 2.05 bits per heavy atom. The van der Waals surface area contributed by atoms with Gasteiger partial charge in [0.15, 0.2) is 5.96 Å². The van der Waals surface area contributed by atoms with E-state index >= 15 is 0 Å². The quantitative estimate of drug-likeness (QED) is 0.454. The second-order valence-corrected chi connectivity index (χ2v) is 4.81. The van der Waals surface area contributed by atoms with Gasteiger partial charge in [-0.15, -0.1) is 24.0 Å². The van der Waals surface area contributed by atoms with E-state index in [4.69, 9.17) is 4.42 Å². The van der Waals surface area contributed by atoms with Crippen LogP contribution in [0.5, 0.6) is 0 Å². The molecule has 0 spiro atoms. The van der Waals surface area contributed by atoms with Gasteiger partial charge in [-0.05, 0) is 39.3 Å². The van der Waals surface area contributed by atoms with Crippen LogP contribution in [0.15, 0.2) is 27.8 Å². The van der Waals surface area contributed by atoms with Gasteiger partial charge in [-0.2, -0.15) is 0 Å². The molecule has 0 aliphatic carbocycles. The number of nitrogens with one attached hydrogen (secondary N) is 2. The molecule has 2 N–H and O–H groups in total. The molecule has 0 fully saturated rings. The summed E-state index contributed by atoms with van der Waals surface area (Å²) < 4.78 is 5.29. The Morgan fingerprint density at radius 1 is 1.32 bits per heavy atom. The lowest BCUT2D eigenvalue weighted by Crippen LogP contribution is -2.45. The molecule has 0 radical (unpaired) electrons. The second-order valence-electron chi connectivity index (χ2n) is 4.81. The highest BCUT2D eigenvalue weighted by Crippen LogP contribution is 2.00. The third-order valence-corrected chi connectivity index (χ3v) is 2.63. The summed E-state index contributed by atoms with van der Waals surface area (Å²) in [6.07, 6.45) is 3.61. The lowest BCUT2D eigenvalue weighted by atomic mass is 10.3. The van der Waals surface area contributed by atoms with E-state index in [2.05, 4.69) is 43.3 Å². The lowest BCUT2D eigenvalue weighted by molar-refractivity contribution is 0.510. The predicted molar refractivity (Wildman–Crippen MR) is 91.3 cm³/mol. The fraction of sp³-hybridized carbons (Fsp3) is 0.643. The van der Waals surface area contributed by atoms with Crippen LogP contribution in [0.2, 0.25) is 0 Å². The van der Waals surface area contributed by atoms with E-state index in [-0.39, 0.29) is 24.0 Å². The SMILES string of the molecule is CCC(C)NC(=NCCc1ccco1)NC(C)C.I. The lowest BCUT2D eigenvalue weighted by Gasteiger charge is -2.18. The molecule has 19 heavy (non-hydrogen) atoms. The molecule has 1 atom stereocenters. The van der Waals surface area contributed by atoms with E-state index in [9.17, 15) is 0 Å². The molecule has 1 heterocycles. The van der Waals surface area contributed by atoms with E-state index in [1.807, 2.05) is 12.1 Å². The molecule has 1 aromatic rings. The summed E-state index contributed by atoms with van der Waals surface area (Å²) in [5.41, 5.74) is 0. The molecular formula is C14H26IN3O. The van der Waals surface area contributed by atoms with Crippen molar-refractivity contribution in [3.8, 4) is 0 Å². The van der Waals surface area contributed by atoms with Crippen molar-refractivity contribution in [2.24, 2.45) is 4.99 Å². The predicted octanol–water partition coefficient (Wildman–Crippen LogP) is 3.18. The Kier molecular flexibility index (Phi) is 9.73. The smallest absolute Gasteiger partial charge is 0.191 e. The Labute approximate surface area is 133 Å². The molecule has 1 aromatic heterocycles.